The van der Waals surface area contributed by atoms with Crippen molar-refractivity contribution in [2.24, 2.45) is 11.8 Å². The number of hydrogen-bond donors (Lipinski definition) is 0. The summed E-state index contributed by atoms with van der Waals surface area (Å²) in [4.78, 5) is 0. The van der Waals surface area contributed by atoms with Crippen LogP contribution in [0.5, 0.6) is 0 Å². The zero-order valence-corrected chi connectivity index (χ0v) is 18.7. The quantitative estimate of drug-likeness (QED) is 0.300. The first kappa shape index (κ1) is 24.6. The molecule has 0 saturated heterocycles. The highest BCUT2D eigenvalue weighted by molar-refractivity contribution is 5.27. The monoisotopic (exact) mass is 445 g/mol. The van der Waals surface area contributed by atoms with Crippen LogP contribution in [0, 0.1) is 23.2 Å². The molecule has 0 heterocycles. The number of ether oxygens (including phenoxy) is 1. The highest BCUT2D eigenvalue weighted by atomic mass is 19.4. The number of allylic oxidation sites excluding steroid dienone is 4. The Morgan fingerprint density at radius 2 is 1.56 bits per heavy atom. The fraction of sp³-hybridized carbons (Fsp3) is 0.593. The van der Waals surface area contributed by atoms with Crippen LogP contribution in [0.3, 0.4) is 0 Å². The molecule has 32 heavy (non-hydrogen) atoms. The van der Waals surface area contributed by atoms with Crippen molar-refractivity contribution in [1.82, 2.24) is 0 Å². The molecule has 2 aliphatic rings. The molecule has 2 aliphatic carbocycles. The second kappa shape index (κ2) is 12.3. The smallest absolute Gasteiger partial charge is 0.378 e. The van der Waals surface area contributed by atoms with E-state index in [1.807, 2.05) is 12.1 Å². The lowest BCUT2D eigenvalue weighted by Crippen LogP contribution is -2.25. The van der Waals surface area contributed by atoms with Crippen LogP contribution in [0.15, 0.2) is 48.6 Å². The zero-order chi connectivity index (χ0) is 22.8. The largest absolute Gasteiger partial charge is 0.416 e. The van der Waals surface area contributed by atoms with E-state index in [9.17, 15) is 13.2 Å². The van der Waals surface area contributed by atoms with Crippen LogP contribution in [0.4, 0.5) is 13.2 Å². The van der Waals surface area contributed by atoms with Gasteiger partial charge in [0, 0.05) is 12.7 Å². The molecule has 3 rings (SSSR count). The molecule has 0 bridgehead atoms. The average molecular weight is 446 g/mol. The van der Waals surface area contributed by atoms with E-state index < -0.39 is 11.7 Å². The van der Waals surface area contributed by atoms with Crippen LogP contribution < -0.4 is 0 Å². The molecule has 2 saturated carbocycles. The third-order valence-electron chi connectivity index (χ3n) is 7.08. The van der Waals surface area contributed by atoms with Gasteiger partial charge in [-0.1, -0.05) is 30.4 Å². The van der Waals surface area contributed by atoms with Crippen LogP contribution in [-0.4, -0.2) is 12.7 Å². The Labute approximate surface area is 190 Å². The zero-order valence-electron chi connectivity index (χ0n) is 18.7. The van der Waals surface area contributed by atoms with E-state index in [4.69, 9.17) is 10.00 Å². The third kappa shape index (κ3) is 7.81. The van der Waals surface area contributed by atoms with Crippen molar-refractivity contribution in [2.45, 2.75) is 82.4 Å². The van der Waals surface area contributed by atoms with Gasteiger partial charge in [-0.25, -0.2) is 0 Å². The number of hydrogen-bond acceptors (Lipinski definition) is 2. The number of nitrogens with zero attached hydrogens (tertiary/aromatic N) is 1. The summed E-state index contributed by atoms with van der Waals surface area (Å²) in [6.45, 7) is 0.822. The molecule has 1 aromatic carbocycles. The lowest BCUT2D eigenvalue weighted by molar-refractivity contribution is -0.137. The van der Waals surface area contributed by atoms with Crippen LogP contribution >= 0.6 is 0 Å². The molecule has 0 N–H and O–H groups in total. The van der Waals surface area contributed by atoms with Gasteiger partial charge in [-0.2, -0.15) is 18.4 Å². The van der Waals surface area contributed by atoms with Gasteiger partial charge in [0.1, 0.15) is 0 Å². The Morgan fingerprint density at radius 1 is 0.906 bits per heavy atom. The Kier molecular flexibility index (Phi) is 9.41. The molecule has 1 aromatic rings. The van der Waals surface area contributed by atoms with Gasteiger partial charge in [0.15, 0.2) is 0 Å². The van der Waals surface area contributed by atoms with E-state index in [0.29, 0.717) is 17.9 Å². The van der Waals surface area contributed by atoms with Crippen molar-refractivity contribution in [3.05, 3.63) is 59.7 Å². The molecule has 2 nitrogen and oxygen atoms in total. The maximum absolute atomic E-state index is 12.8. The maximum Gasteiger partial charge on any atom is 0.416 e. The van der Waals surface area contributed by atoms with Gasteiger partial charge in [-0.05, 0) is 99.7 Å². The highest BCUT2D eigenvalue weighted by Gasteiger charge is 2.31. The SMILES string of the molecule is N#C/C=C/C=C/CCC1CCC(OCC2CCC(c3ccc(C(F)(F)F)cc3)CC2)CC1. The van der Waals surface area contributed by atoms with Gasteiger partial charge < -0.3 is 4.74 Å². The van der Waals surface area contributed by atoms with E-state index in [1.54, 1.807) is 18.2 Å². The lowest BCUT2D eigenvalue weighted by Gasteiger charge is -2.32. The summed E-state index contributed by atoms with van der Waals surface area (Å²) < 4.78 is 44.5. The van der Waals surface area contributed by atoms with Crippen molar-refractivity contribution in [3.63, 3.8) is 0 Å². The average Bonchev–Trinajstić information content (AvgIpc) is 2.81. The molecule has 0 spiro atoms. The molecular weight excluding hydrogens is 411 g/mol. The molecule has 0 aliphatic heterocycles. The van der Waals surface area contributed by atoms with Crippen LogP contribution in [0.25, 0.3) is 0 Å². The number of nitriles is 1. The fourth-order valence-corrected chi connectivity index (χ4v) is 5.07. The van der Waals surface area contributed by atoms with Gasteiger partial charge in [-0.15, -0.1) is 0 Å². The predicted molar refractivity (Wildman–Crippen MR) is 121 cm³/mol. The highest BCUT2D eigenvalue weighted by Crippen LogP contribution is 2.38. The standard InChI is InChI=1S/C27H34F3NO/c28-27(29,30)25-15-13-24(14-16-25)23-11-7-22(8-12-23)20-32-26-17-9-21(10-18-26)6-4-2-1-3-5-19-31/h1-3,5,13-16,21-23,26H,4,6-12,17-18,20H2/b2-1+,5-3+. The third-order valence-corrected chi connectivity index (χ3v) is 7.08. The van der Waals surface area contributed by atoms with E-state index in [0.717, 1.165) is 63.0 Å². The summed E-state index contributed by atoms with van der Waals surface area (Å²) in [5.41, 5.74) is 0.467. The Balaban J connectivity index is 1.30. The van der Waals surface area contributed by atoms with Gasteiger partial charge in [0.2, 0.25) is 0 Å². The van der Waals surface area contributed by atoms with Gasteiger partial charge in [0.05, 0.1) is 17.7 Å². The fourth-order valence-electron chi connectivity index (χ4n) is 5.07. The summed E-state index contributed by atoms with van der Waals surface area (Å²) in [5, 5.41) is 8.45. The number of rotatable bonds is 8. The van der Waals surface area contributed by atoms with Gasteiger partial charge in [-0.3, -0.25) is 0 Å². The molecule has 0 aromatic heterocycles. The molecule has 5 heteroatoms. The molecule has 2 fully saturated rings. The summed E-state index contributed by atoms with van der Waals surface area (Å²) in [5.74, 6) is 1.72. The molecule has 0 amide bonds. The minimum Gasteiger partial charge on any atom is -0.378 e. The summed E-state index contributed by atoms with van der Waals surface area (Å²) >= 11 is 0. The topological polar surface area (TPSA) is 33.0 Å². The molecule has 174 valence electrons. The van der Waals surface area contributed by atoms with Crippen molar-refractivity contribution >= 4 is 0 Å². The van der Waals surface area contributed by atoms with Gasteiger partial charge in [0.25, 0.3) is 0 Å². The van der Waals surface area contributed by atoms with Crippen LogP contribution in [0.1, 0.15) is 81.3 Å². The van der Waals surface area contributed by atoms with E-state index in [1.165, 1.54) is 37.5 Å². The number of halogens is 3. The predicted octanol–water partition coefficient (Wildman–Crippen LogP) is 7.97. The summed E-state index contributed by atoms with van der Waals surface area (Å²) in [6, 6.07) is 7.72. The summed E-state index contributed by atoms with van der Waals surface area (Å²) in [7, 11) is 0. The molecule has 0 atom stereocenters. The number of benzene rings is 1. The molecule has 0 unspecified atom stereocenters. The minimum atomic E-state index is -4.26. The Hall–Kier alpha value is -2.06. The van der Waals surface area contributed by atoms with E-state index in [-0.39, 0.29) is 0 Å². The maximum atomic E-state index is 12.8. The van der Waals surface area contributed by atoms with Crippen molar-refractivity contribution in [3.8, 4) is 6.07 Å². The van der Waals surface area contributed by atoms with Crippen molar-refractivity contribution < 1.29 is 17.9 Å². The second-order valence-corrected chi connectivity index (χ2v) is 9.31. The minimum absolute atomic E-state index is 0.369. The Bertz CT molecular complexity index is 775. The molecule has 0 radical (unpaired) electrons. The first-order chi connectivity index (χ1) is 15.5. The normalized spacial score (nSPS) is 27.1. The van der Waals surface area contributed by atoms with Crippen LogP contribution in [0.2, 0.25) is 0 Å². The number of alkyl halides is 3. The van der Waals surface area contributed by atoms with Crippen molar-refractivity contribution in [2.75, 3.05) is 6.61 Å². The van der Waals surface area contributed by atoms with Gasteiger partial charge >= 0.3 is 6.18 Å². The van der Waals surface area contributed by atoms with Crippen molar-refractivity contribution in [1.29, 1.82) is 5.26 Å². The summed E-state index contributed by atoms with van der Waals surface area (Å²) in [6.07, 6.45) is 14.7. The van der Waals surface area contributed by atoms with E-state index >= 15 is 0 Å². The Morgan fingerprint density at radius 3 is 2.19 bits per heavy atom. The first-order valence-corrected chi connectivity index (χ1v) is 12.0. The lowest BCUT2D eigenvalue weighted by atomic mass is 9.79. The second-order valence-electron chi connectivity index (χ2n) is 9.31. The first-order valence-electron chi connectivity index (χ1n) is 12.0. The van der Waals surface area contributed by atoms with E-state index in [2.05, 4.69) is 6.08 Å². The van der Waals surface area contributed by atoms with Crippen LogP contribution in [-0.2, 0) is 10.9 Å². The molecular formula is C27H34F3NO.